The highest BCUT2D eigenvalue weighted by atomic mass is 16.4. The van der Waals surface area contributed by atoms with Crippen LogP contribution in [0, 0.1) is 6.92 Å². The topological polar surface area (TPSA) is 67.5 Å². The number of rotatable bonds is 2. The predicted octanol–water partition coefficient (Wildman–Crippen LogP) is 1.86. The summed E-state index contributed by atoms with van der Waals surface area (Å²) >= 11 is 0. The van der Waals surface area contributed by atoms with Crippen LogP contribution in [0.4, 0.5) is 0 Å². The van der Waals surface area contributed by atoms with Crippen molar-refractivity contribution in [3.8, 4) is 0 Å². The minimum Gasteiger partial charge on any atom is -0.477 e. The van der Waals surface area contributed by atoms with Crippen LogP contribution in [0.1, 0.15) is 41.6 Å². The molecule has 0 fully saturated rings. The maximum absolute atomic E-state index is 10.8. The fraction of sp³-hybridized carbons (Fsp3) is 0.364. The van der Waals surface area contributed by atoms with Crippen LogP contribution in [0.5, 0.6) is 0 Å². The molecule has 84 valence electrons. The first-order chi connectivity index (χ1) is 7.49. The molecule has 5 nitrogen and oxygen atoms in total. The maximum Gasteiger partial charge on any atom is 0.354 e. The van der Waals surface area contributed by atoms with Crippen molar-refractivity contribution >= 4 is 11.6 Å². The highest BCUT2D eigenvalue weighted by Gasteiger charge is 2.12. The molecule has 0 aliphatic heterocycles. The van der Waals surface area contributed by atoms with Crippen molar-refractivity contribution in [3.05, 3.63) is 29.2 Å². The molecule has 0 amide bonds. The smallest absolute Gasteiger partial charge is 0.354 e. The van der Waals surface area contributed by atoms with Crippen LogP contribution >= 0.6 is 0 Å². The Hall–Kier alpha value is -1.91. The summed E-state index contributed by atoms with van der Waals surface area (Å²) in [5, 5.41) is 13.3. The number of carboxylic acid groups (broad SMARTS) is 1. The molecule has 0 radical (unpaired) electrons. The second-order valence-electron chi connectivity index (χ2n) is 4.08. The Morgan fingerprint density at radius 3 is 2.69 bits per heavy atom. The van der Waals surface area contributed by atoms with E-state index < -0.39 is 5.97 Å². The van der Waals surface area contributed by atoms with Crippen molar-refractivity contribution < 1.29 is 9.90 Å². The highest BCUT2D eigenvalue weighted by molar-refractivity contribution is 5.86. The molecule has 0 aliphatic carbocycles. The average molecular weight is 219 g/mol. The van der Waals surface area contributed by atoms with Gasteiger partial charge in [0.15, 0.2) is 11.3 Å². The minimum atomic E-state index is -1.02. The predicted molar refractivity (Wildman–Crippen MR) is 58.8 cm³/mol. The van der Waals surface area contributed by atoms with E-state index in [1.807, 2.05) is 26.8 Å². The van der Waals surface area contributed by atoms with Gasteiger partial charge in [0, 0.05) is 11.8 Å². The standard InChI is InChI=1S/C11H13N3O2/c1-6(2)8-5-10-12-9(11(15)16)4-7(3)14(10)13-8/h4-6H,1-3H3,(H,15,16). The van der Waals surface area contributed by atoms with Crippen molar-refractivity contribution in [2.24, 2.45) is 0 Å². The molecule has 0 bridgehead atoms. The van der Waals surface area contributed by atoms with E-state index in [1.165, 1.54) is 6.07 Å². The first-order valence-corrected chi connectivity index (χ1v) is 5.09. The molecular weight excluding hydrogens is 206 g/mol. The highest BCUT2D eigenvalue weighted by Crippen LogP contribution is 2.15. The Morgan fingerprint density at radius 2 is 2.12 bits per heavy atom. The first kappa shape index (κ1) is 10.6. The average Bonchev–Trinajstić information content (AvgIpc) is 2.61. The Kier molecular flexibility index (Phi) is 2.38. The number of aryl methyl sites for hydroxylation is 1. The molecule has 16 heavy (non-hydrogen) atoms. The third-order valence-electron chi connectivity index (χ3n) is 2.43. The van der Waals surface area contributed by atoms with E-state index in [0.29, 0.717) is 11.6 Å². The molecule has 0 saturated carbocycles. The number of carboxylic acids is 1. The zero-order valence-electron chi connectivity index (χ0n) is 9.43. The van der Waals surface area contributed by atoms with Gasteiger partial charge >= 0.3 is 5.97 Å². The number of nitrogens with zero attached hydrogens (tertiary/aromatic N) is 3. The lowest BCUT2D eigenvalue weighted by molar-refractivity contribution is 0.0690. The third-order valence-corrected chi connectivity index (χ3v) is 2.43. The van der Waals surface area contributed by atoms with Crippen LogP contribution in [0.25, 0.3) is 5.65 Å². The van der Waals surface area contributed by atoms with Gasteiger partial charge in [-0.05, 0) is 18.9 Å². The minimum absolute atomic E-state index is 0.0557. The summed E-state index contributed by atoms with van der Waals surface area (Å²) in [5.74, 6) is -0.715. The van der Waals surface area contributed by atoms with Gasteiger partial charge in [-0.25, -0.2) is 14.3 Å². The Morgan fingerprint density at radius 1 is 1.44 bits per heavy atom. The lowest BCUT2D eigenvalue weighted by Gasteiger charge is -2.00. The van der Waals surface area contributed by atoms with Gasteiger partial charge < -0.3 is 5.11 Å². The fourth-order valence-corrected chi connectivity index (χ4v) is 1.53. The molecule has 0 atom stereocenters. The van der Waals surface area contributed by atoms with Gasteiger partial charge in [0.1, 0.15) is 0 Å². The van der Waals surface area contributed by atoms with Crippen LogP contribution in [0.15, 0.2) is 12.1 Å². The number of aromatic carboxylic acids is 1. The van der Waals surface area contributed by atoms with E-state index in [0.717, 1.165) is 11.4 Å². The number of carbonyl (C=O) groups is 1. The van der Waals surface area contributed by atoms with Crippen LogP contribution in [-0.4, -0.2) is 25.7 Å². The van der Waals surface area contributed by atoms with Crippen LogP contribution in [-0.2, 0) is 0 Å². The molecule has 2 heterocycles. The lowest BCUT2D eigenvalue weighted by Crippen LogP contribution is -2.05. The van der Waals surface area contributed by atoms with Gasteiger partial charge in [-0.1, -0.05) is 13.8 Å². The van der Waals surface area contributed by atoms with Crippen molar-refractivity contribution in [1.29, 1.82) is 0 Å². The van der Waals surface area contributed by atoms with Crippen LogP contribution < -0.4 is 0 Å². The molecule has 0 aromatic carbocycles. The van der Waals surface area contributed by atoms with Crippen LogP contribution in [0.3, 0.4) is 0 Å². The zero-order valence-corrected chi connectivity index (χ0v) is 9.43. The first-order valence-electron chi connectivity index (χ1n) is 5.09. The summed E-state index contributed by atoms with van der Waals surface area (Å²) < 4.78 is 1.67. The zero-order chi connectivity index (χ0) is 11.9. The molecule has 5 heteroatoms. The molecule has 2 rings (SSSR count). The molecule has 0 aliphatic rings. The molecule has 0 unspecified atom stereocenters. The lowest BCUT2D eigenvalue weighted by atomic mass is 10.1. The van der Waals surface area contributed by atoms with Gasteiger partial charge in [-0.15, -0.1) is 0 Å². The van der Waals surface area contributed by atoms with Gasteiger partial charge in [0.05, 0.1) is 5.69 Å². The quantitative estimate of drug-likeness (QED) is 0.837. The van der Waals surface area contributed by atoms with Gasteiger partial charge in [0.25, 0.3) is 0 Å². The number of fused-ring (bicyclic) bond motifs is 1. The van der Waals surface area contributed by atoms with E-state index >= 15 is 0 Å². The molecule has 2 aromatic heterocycles. The number of aromatic nitrogens is 3. The van der Waals surface area contributed by atoms with Gasteiger partial charge in [-0.3, -0.25) is 0 Å². The van der Waals surface area contributed by atoms with Crippen molar-refractivity contribution in [3.63, 3.8) is 0 Å². The molecule has 2 aromatic rings. The monoisotopic (exact) mass is 219 g/mol. The number of hydrogen-bond donors (Lipinski definition) is 1. The number of hydrogen-bond acceptors (Lipinski definition) is 3. The Balaban J connectivity index is 2.68. The van der Waals surface area contributed by atoms with E-state index in [2.05, 4.69) is 10.1 Å². The summed E-state index contributed by atoms with van der Waals surface area (Å²) in [7, 11) is 0. The molecular formula is C11H13N3O2. The van der Waals surface area contributed by atoms with Crippen molar-refractivity contribution in [2.45, 2.75) is 26.7 Å². The summed E-state index contributed by atoms with van der Waals surface area (Å²) in [6.45, 7) is 5.89. The Bertz CT molecular complexity index is 558. The van der Waals surface area contributed by atoms with Gasteiger partial charge in [0.2, 0.25) is 0 Å². The van der Waals surface area contributed by atoms with E-state index in [4.69, 9.17) is 5.11 Å². The van der Waals surface area contributed by atoms with E-state index in [1.54, 1.807) is 4.52 Å². The second kappa shape index (κ2) is 3.59. The second-order valence-corrected chi connectivity index (χ2v) is 4.08. The molecule has 0 spiro atoms. The van der Waals surface area contributed by atoms with Gasteiger partial charge in [-0.2, -0.15) is 5.10 Å². The molecule has 0 saturated heterocycles. The summed E-state index contributed by atoms with van der Waals surface area (Å²) in [6, 6.07) is 3.34. The van der Waals surface area contributed by atoms with Crippen molar-refractivity contribution in [1.82, 2.24) is 14.6 Å². The maximum atomic E-state index is 10.8. The van der Waals surface area contributed by atoms with Crippen LogP contribution in [0.2, 0.25) is 0 Å². The van der Waals surface area contributed by atoms with Crippen molar-refractivity contribution in [2.75, 3.05) is 0 Å². The van der Waals surface area contributed by atoms with E-state index in [9.17, 15) is 4.79 Å². The SMILES string of the molecule is Cc1cc(C(=O)O)nc2cc(C(C)C)nn12. The normalized spacial score (nSPS) is 11.2. The van der Waals surface area contributed by atoms with E-state index in [-0.39, 0.29) is 5.69 Å². The largest absolute Gasteiger partial charge is 0.477 e. The fourth-order valence-electron chi connectivity index (χ4n) is 1.53. The Labute approximate surface area is 92.7 Å². The summed E-state index contributed by atoms with van der Waals surface area (Å²) in [5.41, 5.74) is 2.33. The summed E-state index contributed by atoms with van der Waals surface area (Å²) in [6.07, 6.45) is 0. The third kappa shape index (κ3) is 1.64. The summed E-state index contributed by atoms with van der Waals surface area (Å²) in [4.78, 5) is 14.9. The molecule has 1 N–H and O–H groups in total.